The summed E-state index contributed by atoms with van der Waals surface area (Å²) in [6.45, 7) is 7.36. The Labute approximate surface area is 109 Å². The quantitative estimate of drug-likeness (QED) is 0.860. The number of nitrogens with two attached hydrogens (primary N) is 1. The Morgan fingerprint density at radius 1 is 1.28 bits per heavy atom. The summed E-state index contributed by atoms with van der Waals surface area (Å²) in [5, 5.41) is 3.48. The first-order valence-corrected chi connectivity index (χ1v) is 6.91. The summed E-state index contributed by atoms with van der Waals surface area (Å²) >= 11 is 0. The predicted molar refractivity (Wildman–Crippen MR) is 75.6 cm³/mol. The minimum atomic E-state index is 0.415. The molecule has 18 heavy (non-hydrogen) atoms. The number of aryl methyl sites for hydroxylation is 1. The Balaban J connectivity index is 2.11. The molecule has 1 saturated carbocycles. The van der Waals surface area contributed by atoms with Crippen LogP contribution in [0.3, 0.4) is 0 Å². The van der Waals surface area contributed by atoms with Crippen molar-refractivity contribution in [3.63, 3.8) is 0 Å². The molecule has 1 aliphatic rings. The van der Waals surface area contributed by atoms with E-state index in [0.29, 0.717) is 11.2 Å². The highest BCUT2D eigenvalue weighted by Gasteiger charge is 2.28. The van der Waals surface area contributed by atoms with Gasteiger partial charge in [-0.1, -0.05) is 26.7 Å². The molecular formula is C14H24N4. The van der Waals surface area contributed by atoms with Crippen LogP contribution < -0.4 is 11.1 Å². The van der Waals surface area contributed by atoms with Gasteiger partial charge in [0, 0.05) is 18.5 Å². The third-order valence-corrected chi connectivity index (χ3v) is 4.04. The van der Waals surface area contributed by atoms with Crippen LogP contribution in [0.5, 0.6) is 0 Å². The van der Waals surface area contributed by atoms with Crippen molar-refractivity contribution in [2.45, 2.75) is 52.9 Å². The molecule has 0 atom stereocenters. The van der Waals surface area contributed by atoms with Crippen molar-refractivity contribution in [3.05, 3.63) is 11.4 Å². The molecule has 4 heteroatoms. The van der Waals surface area contributed by atoms with Gasteiger partial charge < -0.3 is 11.1 Å². The number of nitrogens with zero attached hydrogens (tertiary/aromatic N) is 2. The first-order valence-electron chi connectivity index (χ1n) is 6.91. The van der Waals surface area contributed by atoms with Crippen LogP contribution in [0.4, 0.5) is 11.6 Å². The molecule has 2 rings (SSSR count). The van der Waals surface area contributed by atoms with Gasteiger partial charge in [-0.25, -0.2) is 9.97 Å². The van der Waals surface area contributed by atoms with Crippen LogP contribution in [0, 0.1) is 12.3 Å². The van der Waals surface area contributed by atoms with Gasteiger partial charge >= 0.3 is 0 Å². The van der Waals surface area contributed by atoms with Crippen LogP contribution in [0.25, 0.3) is 0 Å². The standard InChI is InChI=1S/C14H24N4/c1-4-11-17-12(15)10(2)13(18-11)16-9-14(3)7-5-6-8-14/h4-9H2,1-3H3,(H3,15,16,17,18). The monoisotopic (exact) mass is 248 g/mol. The maximum Gasteiger partial charge on any atom is 0.134 e. The summed E-state index contributed by atoms with van der Waals surface area (Å²) in [6.07, 6.45) is 6.13. The number of aromatic nitrogens is 2. The van der Waals surface area contributed by atoms with Crippen molar-refractivity contribution in [1.82, 2.24) is 9.97 Å². The van der Waals surface area contributed by atoms with Crippen LogP contribution in [0.2, 0.25) is 0 Å². The molecule has 4 nitrogen and oxygen atoms in total. The highest BCUT2D eigenvalue weighted by molar-refractivity contribution is 5.54. The summed E-state index contributed by atoms with van der Waals surface area (Å²) in [5.41, 5.74) is 7.30. The van der Waals surface area contributed by atoms with E-state index < -0.39 is 0 Å². The Kier molecular flexibility index (Phi) is 3.73. The maximum absolute atomic E-state index is 5.92. The largest absolute Gasteiger partial charge is 0.383 e. The zero-order valence-electron chi connectivity index (χ0n) is 11.7. The van der Waals surface area contributed by atoms with Crippen molar-refractivity contribution in [1.29, 1.82) is 0 Å². The zero-order valence-corrected chi connectivity index (χ0v) is 11.7. The molecule has 0 amide bonds. The van der Waals surface area contributed by atoms with Gasteiger partial charge in [0.2, 0.25) is 0 Å². The van der Waals surface area contributed by atoms with E-state index in [9.17, 15) is 0 Å². The number of hydrogen-bond acceptors (Lipinski definition) is 4. The molecule has 0 bridgehead atoms. The smallest absolute Gasteiger partial charge is 0.134 e. The lowest BCUT2D eigenvalue weighted by molar-refractivity contribution is 0.361. The Hall–Kier alpha value is -1.32. The van der Waals surface area contributed by atoms with E-state index in [0.717, 1.165) is 30.2 Å². The summed E-state index contributed by atoms with van der Waals surface area (Å²) < 4.78 is 0. The highest BCUT2D eigenvalue weighted by atomic mass is 15.1. The van der Waals surface area contributed by atoms with E-state index in [1.54, 1.807) is 0 Å². The van der Waals surface area contributed by atoms with Crippen molar-refractivity contribution >= 4 is 11.6 Å². The molecular weight excluding hydrogens is 224 g/mol. The Bertz CT molecular complexity index is 422. The molecule has 0 spiro atoms. The number of nitrogen functional groups attached to an aromatic ring is 1. The third kappa shape index (κ3) is 2.74. The summed E-state index contributed by atoms with van der Waals surface area (Å²) in [5.74, 6) is 2.32. The fourth-order valence-corrected chi connectivity index (χ4v) is 2.61. The van der Waals surface area contributed by atoms with Gasteiger partial charge in [-0.15, -0.1) is 0 Å². The SMILES string of the molecule is CCc1nc(N)c(C)c(NCC2(C)CCCC2)n1. The molecule has 1 heterocycles. The molecule has 0 aliphatic heterocycles. The summed E-state index contributed by atoms with van der Waals surface area (Å²) in [6, 6.07) is 0. The minimum absolute atomic E-state index is 0.415. The Morgan fingerprint density at radius 3 is 2.56 bits per heavy atom. The van der Waals surface area contributed by atoms with Gasteiger partial charge in [0.25, 0.3) is 0 Å². The average molecular weight is 248 g/mol. The van der Waals surface area contributed by atoms with Gasteiger partial charge in [-0.2, -0.15) is 0 Å². The van der Waals surface area contributed by atoms with Gasteiger partial charge in [-0.05, 0) is 25.2 Å². The van der Waals surface area contributed by atoms with E-state index in [4.69, 9.17) is 5.73 Å². The van der Waals surface area contributed by atoms with Gasteiger partial charge in [-0.3, -0.25) is 0 Å². The summed E-state index contributed by atoms with van der Waals surface area (Å²) in [4.78, 5) is 8.82. The van der Waals surface area contributed by atoms with E-state index >= 15 is 0 Å². The van der Waals surface area contributed by atoms with Crippen molar-refractivity contribution < 1.29 is 0 Å². The Morgan fingerprint density at radius 2 is 1.94 bits per heavy atom. The van der Waals surface area contributed by atoms with Crippen molar-refractivity contribution in [2.75, 3.05) is 17.6 Å². The van der Waals surface area contributed by atoms with Crippen LogP contribution in [-0.4, -0.2) is 16.5 Å². The second-order valence-electron chi connectivity index (χ2n) is 5.72. The van der Waals surface area contributed by atoms with Crippen LogP contribution in [0.15, 0.2) is 0 Å². The molecule has 0 radical (unpaired) electrons. The minimum Gasteiger partial charge on any atom is -0.383 e. The average Bonchev–Trinajstić information content (AvgIpc) is 2.78. The van der Waals surface area contributed by atoms with Crippen LogP contribution in [-0.2, 0) is 6.42 Å². The van der Waals surface area contributed by atoms with Gasteiger partial charge in [0.15, 0.2) is 0 Å². The van der Waals surface area contributed by atoms with E-state index in [1.807, 2.05) is 13.8 Å². The second-order valence-corrected chi connectivity index (χ2v) is 5.72. The maximum atomic E-state index is 5.92. The van der Waals surface area contributed by atoms with Crippen LogP contribution in [0.1, 0.15) is 50.9 Å². The second kappa shape index (κ2) is 5.12. The topological polar surface area (TPSA) is 63.8 Å². The number of hydrogen-bond donors (Lipinski definition) is 2. The van der Waals surface area contributed by atoms with E-state index in [-0.39, 0.29) is 0 Å². The molecule has 1 aliphatic carbocycles. The summed E-state index contributed by atoms with van der Waals surface area (Å²) in [7, 11) is 0. The molecule has 1 aromatic heterocycles. The van der Waals surface area contributed by atoms with Crippen LogP contribution >= 0.6 is 0 Å². The van der Waals surface area contributed by atoms with Gasteiger partial charge in [0.1, 0.15) is 17.5 Å². The van der Waals surface area contributed by atoms with Crippen molar-refractivity contribution in [2.24, 2.45) is 5.41 Å². The number of nitrogens with one attached hydrogen (secondary N) is 1. The molecule has 3 N–H and O–H groups in total. The first kappa shape index (κ1) is 13.1. The predicted octanol–water partition coefficient (Wildman–Crippen LogP) is 2.92. The zero-order chi connectivity index (χ0) is 13.2. The lowest BCUT2D eigenvalue weighted by Gasteiger charge is -2.24. The van der Waals surface area contributed by atoms with Crippen molar-refractivity contribution in [3.8, 4) is 0 Å². The fraction of sp³-hybridized carbons (Fsp3) is 0.714. The fourth-order valence-electron chi connectivity index (χ4n) is 2.61. The van der Waals surface area contributed by atoms with E-state index in [1.165, 1.54) is 25.7 Å². The molecule has 0 aromatic carbocycles. The number of anilines is 2. The normalized spacial score (nSPS) is 17.9. The molecule has 1 fully saturated rings. The highest BCUT2D eigenvalue weighted by Crippen LogP contribution is 2.37. The molecule has 100 valence electrons. The van der Waals surface area contributed by atoms with Gasteiger partial charge in [0.05, 0.1) is 0 Å². The van der Waals surface area contributed by atoms with E-state index in [2.05, 4.69) is 22.2 Å². The lowest BCUT2D eigenvalue weighted by atomic mass is 9.89. The number of rotatable bonds is 4. The third-order valence-electron chi connectivity index (χ3n) is 4.04. The molecule has 0 saturated heterocycles. The molecule has 0 unspecified atom stereocenters. The lowest BCUT2D eigenvalue weighted by Crippen LogP contribution is -2.24. The first-order chi connectivity index (χ1) is 8.54. The molecule has 1 aromatic rings.